The Labute approximate surface area is 143 Å². The number of hydrogen-bond donors (Lipinski definition) is 1. The lowest BCUT2D eigenvalue weighted by molar-refractivity contribution is 0.0366. The van der Waals surface area contributed by atoms with E-state index in [0.717, 1.165) is 50.6 Å². The Bertz CT molecular complexity index is 453. The average molecular weight is 343 g/mol. The third-order valence-electron chi connectivity index (χ3n) is 3.56. The average Bonchev–Trinajstić information content (AvgIpc) is 2.57. The molecule has 1 aromatic rings. The fourth-order valence-corrected chi connectivity index (χ4v) is 2.64. The van der Waals surface area contributed by atoms with Crippen LogP contribution in [0.4, 0.5) is 5.69 Å². The van der Waals surface area contributed by atoms with Gasteiger partial charge < -0.3 is 24.4 Å². The number of benzene rings is 1. The van der Waals surface area contributed by atoms with Gasteiger partial charge in [-0.25, -0.2) is 0 Å². The summed E-state index contributed by atoms with van der Waals surface area (Å²) in [6.45, 7) is 9.14. The van der Waals surface area contributed by atoms with E-state index < -0.39 is 0 Å². The Kier molecular flexibility index (Phi) is 8.53. The second kappa shape index (κ2) is 10.7. The minimum absolute atomic E-state index is 0.509. The lowest BCUT2D eigenvalue weighted by Crippen LogP contribution is -2.43. The summed E-state index contributed by atoms with van der Waals surface area (Å²) in [6, 6.07) is 5.88. The molecule has 0 aliphatic carbocycles. The van der Waals surface area contributed by atoms with Crippen LogP contribution in [0.2, 0.25) is 5.02 Å². The van der Waals surface area contributed by atoms with E-state index in [1.807, 2.05) is 18.2 Å². The summed E-state index contributed by atoms with van der Waals surface area (Å²) in [7, 11) is 0. The van der Waals surface area contributed by atoms with Crippen LogP contribution in [0.3, 0.4) is 0 Å². The van der Waals surface area contributed by atoms with Gasteiger partial charge >= 0.3 is 0 Å². The summed E-state index contributed by atoms with van der Waals surface area (Å²) in [5.74, 6) is 0.789. The van der Waals surface area contributed by atoms with Crippen LogP contribution in [0.5, 0.6) is 5.75 Å². The highest BCUT2D eigenvalue weighted by Gasteiger charge is 2.12. The zero-order valence-corrected chi connectivity index (χ0v) is 14.6. The summed E-state index contributed by atoms with van der Waals surface area (Å²) in [6.07, 6.45) is 1.04. The molecule has 0 saturated carbocycles. The molecule has 1 fully saturated rings. The molecule has 5 nitrogen and oxygen atoms in total. The predicted molar refractivity (Wildman–Crippen MR) is 94.0 cm³/mol. The maximum absolute atomic E-state index is 6.21. The van der Waals surface area contributed by atoms with Gasteiger partial charge in [0.05, 0.1) is 19.8 Å². The molecule has 6 heteroatoms. The third kappa shape index (κ3) is 6.96. The van der Waals surface area contributed by atoms with E-state index in [2.05, 4.69) is 17.1 Å². The van der Waals surface area contributed by atoms with Gasteiger partial charge in [-0.15, -0.1) is 0 Å². The molecule has 1 aliphatic rings. The number of nitrogens with one attached hydrogen (secondary N) is 1. The number of piperazine rings is 1. The lowest BCUT2D eigenvalue weighted by atomic mass is 10.2. The highest BCUT2D eigenvalue weighted by molar-refractivity contribution is 6.31. The molecule has 0 aromatic heterocycles. The predicted octanol–water partition coefficient (Wildman–Crippen LogP) is 2.57. The third-order valence-corrected chi connectivity index (χ3v) is 3.77. The second-order valence-corrected chi connectivity index (χ2v) is 5.89. The number of anilines is 1. The molecule has 1 saturated heterocycles. The van der Waals surface area contributed by atoms with Crippen molar-refractivity contribution in [2.24, 2.45) is 0 Å². The van der Waals surface area contributed by atoms with Crippen molar-refractivity contribution in [3.8, 4) is 5.75 Å². The molecule has 2 rings (SSSR count). The summed E-state index contributed by atoms with van der Waals surface area (Å²) in [4.78, 5) is 2.32. The first-order valence-corrected chi connectivity index (χ1v) is 8.72. The molecule has 0 amide bonds. The molecule has 0 bridgehead atoms. The molecule has 23 heavy (non-hydrogen) atoms. The Hall–Kier alpha value is -1.01. The van der Waals surface area contributed by atoms with Crippen molar-refractivity contribution in [2.45, 2.75) is 13.3 Å². The highest BCUT2D eigenvalue weighted by atomic mass is 35.5. The van der Waals surface area contributed by atoms with E-state index in [4.69, 9.17) is 25.8 Å². The topological polar surface area (TPSA) is 43.0 Å². The summed E-state index contributed by atoms with van der Waals surface area (Å²) < 4.78 is 16.6. The van der Waals surface area contributed by atoms with Gasteiger partial charge in [-0.1, -0.05) is 18.5 Å². The van der Waals surface area contributed by atoms with E-state index in [-0.39, 0.29) is 0 Å². The number of rotatable bonds is 10. The molecule has 1 heterocycles. The summed E-state index contributed by atoms with van der Waals surface area (Å²) in [5.41, 5.74) is 1.11. The fraction of sp³-hybridized carbons (Fsp3) is 0.647. The van der Waals surface area contributed by atoms with Crippen LogP contribution < -0.4 is 15.0 Å². The van der Waals surface area contributed by atoms with E-state index in [9.17, 15) is 0 Å². The first kappa shape index (κ1) is 18.3. The quantitative estimate of drug-likeness (QED) is 0.662. The molecule has 1 aliphatic heterocycles. The van der Waals surface area contributed by atoms with Crippen molar-refractivity contribution in [3.63, 3.8) is 0 Å². The SMILES string of the molecule is CCCOCCOCCOc1cc(Cl)cc(N2CCNCC2)c1. The number of ether oxygens (including phenoxy) is 3. The monoisotopic (exact) mass is 342 g/mol. The van der Waals surface area contributed by atoms with E-state index in [1.54, 1.807) is 0 Å². The van der Waals surface area contributed by atoms with Gasteiger partial charge in [0.25, 0.3) is 0 Å². The maximum Gasteiger partial charge on any atom is 0.122 e. The first-order valence-electron chi connectivity index (χ1n) is 8.34. The lowest BCUT2D eigenvalue weighted by Gasteiger charge is -2.29. The van der Waals surface area contributed by atoms with Crippen molar-refractivity contribution < 1.29 is 14.2 Å². The van der Waals surface area contributed by atoms with Gasteiger partial charge in [0, 0.05) is 49.6 Å². The van der Waals surface area contributed by atoms with Gasteiger partial charge in [0.2, 0.25) is 0 Å². The molecule has 130 valence electrons. The van der Waals surface area contributed by atoms with E-state index >= 15 is 0 Å². The van der Waals surface area contributed by atoms with Crippen LogP contribution in [-0.4, -0.2) is 59.2 Å². The van der Waals surface area contributed by atoms with Gasteiger partial charge in [-0.2, -0.15) is 0 Å². The molecular weight excluding hydrogens is 316 g/mol. The minimum atomic E-state index is 0.509. The van der Waals surface area contributed by atoms with E-state index in [0.29, 0.717) is 31.5 Å². The van der Waals surface area contributed by atoms with E-state index in [1.165, 1.54) is 0 Å². The van der Waals surface area contributed by atoms with Crippen molar-refractivity contribution in [2.75, 3.05) is 64.1 Å². The smallest absolute Gasteiger partial charge is 0.122 e. The van der Waals surface area contributed by atoms with Crippen LogP contribution in [0.1, 0.15) is 13.3 Å². The second-order valence-electron chi connectivity index (χ2n) is 5.46. The molecule has 1 N–H and O–H groups in total. The molecule has 0 unspecified atom stereocenters. The molecule has 0 radical (unpaired) electrons. The first-order chi connectivity index (χ1) is 11.3. The molecule has 1 aromatic carbocycles. The molecular formula is C17H27ClN2O3. The molecule has 0 spiro atoms. The van der Waals surface area contributed by atoms with Gasteiger partial charge in [-0.05, 0) is 18.6 Å². The van der Waals surface area contributed by atoms with Gasteiger partial charge in [0.15, 0.2) is 0 Å². The summed E-state index contributed by atoms with van der Waals surface area (Å²) >= 11 is 6.21. The Morgan fingerprint density at radius 2 is 1.70 bits per heavy atom. The largest absolute Gasteiger partial charge is 0.491 e. The van der Waals surface area contributed by atoms with Crippen molar-refractivity contribution >= 4 is 17.3 Å². The number of nitrogens with zero attached hydrogens (tertiary/aromatic N) is 1. The van der Waals surface area contributed by atoms with Gasteiger partial charge in [0.1, 0.15) is 12.4 Å². The zero-order chi connectivity index (χ0) is 16.3. The molecule has 0 atom stereocenters. The summed E-state index contributed by atoms with van der Waals surface area (Å²) in [5, 5.41) is 4.05. The standard InChI is InChI=1S/C17H27ClN2O3/c1-2-7-21-8-9-22-10-11-23-17-13-15(18)12-16(14-17)20-5-3-19-4-6-20/h12-14,19H,2-11H2,1H3. The van der Waals surface area contributed by atoms with Crippen LogP contribution in [0, 0.1) is 0 Å². The van der Waals surface area contributed by atoms with Crippen LogP contribution in [-0.2, 0) is 9.47 Å². The Morgan fingerprint density at radius 3 is 2.43 bits per heavy atom. The van der Waals surface area contributed by atoms with Crippen molar-refractivity contribution in [1.82, 2.24) is 5.32 Å². The van der Waals surface area contributed by atoms with Crippen LogP contribution in [0.15, 0.2) is 18.2 Å². The van der Waals surface area contributed by atoms with Crippen molar-refractivity contribution in [3.05, 3.63) is 23.2 Å². The number of hydrogen-bond acceptors (Lipinski definition) is 5. The zero-order valence-electron chi connectivity index (χ0n) is 13.9. The van der Waals surface area contributed by atoms with Crippen molar-refractivity contribution in [1.29, 1.82) is 0 Å². The fourth-order valence-electron chi connectivity index (χ4n) is 2.42. The number of halogens is 1. The Morgan fingerprint density at radius 1 is 1.00 bits per heavy atom. The van der Waals surface area contributed by atoms with Crippen LogP contribution >= 0.6 is 11.6 Å². The minimum Gasteiger partial charge on any atom is -0.491 e. The Balaban J connectivity index is 1.71. The van der Waals surface area contributed by atoms with Gasteiger partial charge in [-0.3, -0.25) is 0 Å². The highest BCUT2D eigenvalue weighted by Crippen LogP contribution is 2.27. The maximum atomic E-state index is 6.21. The normalized spacial score (nSPS) is 15.0. The van der Waals surface area contributed by atoms with Crippen LogP contribution in [0.25, 0.3) is 0 Å².